The Morgan fingerprint density at radius 1 is 1.28 bits per heavy atom. The molecule has 0 N–H and O–H groups in total. The maximum absolute atomic E-state index is 12.0. The number of benzene rings is 1. The maximum Gasteiger partial charge on any atom is 0.181 e. The lowest BCUT2D eigenvalue weighted by Crippen LogP contribution is -2.23. The molecule has 0 bridgehead atoms. The first kappa shape index (κ1) is 12.8. The Bertz CT molecular complexity index is 680. The van der Waals surface area contributed by atoms with Gasteiger partial charge < -0.3 is 4.42 Å². The molecule has 0 aliphatic carbocycles. The quantitative estimate of drug-likeness (QED) is 0.797. The average molecular weight is 266 g/mol. The first-order valence-electron chi connectivity index (χ1n) is 5.63. The van der Waals surface area contributed by atoms with Gasteiger partial charge in [-0.1, -0.05) is 18.2 Å². The van der Waals surface area contributed by atoms with Crippen molar-refractivity contribution in [3.63, 3.8) is 0 Å². The van der Waals surface area contributed by atoms with E-state index in [0.717, 1.165) is 0 Å². The molecule has 0 aliphatic rings. The molecule has 96 valence electrons. The van der Waals surface area contributed by atoms with Crippen LogP contribution in [0.15, 0.2) is 34.9 Å². The second-order valence-electron chi connectivity index (χ2n) is 4.42. The number of carbonyl (C=O) groups is 1. The Morgan fingerprint density at radius 3 is 2.61 bits per heavy atom. The molecule has 1 aromatic heterocycles. The maximum atomic E-state index is 12.0. The van der Waals surface area contributed by atoms with E-state index in [1.54, 1.807) is 38.1 Å². The van der Waals surface area contributed by atoms with E-state index < -0.39 is 26.6 Å². The molecule has 0 atom stereocenters. The summed E-state index contributed by atoms with van der Waals surface area (Å²) in [5, 5.41) is 0.0982. The molecule has 0 unspecified atom stereocenters. The van der Waals surface area contributed by atoms with E-state index in [1.165, 1.54) is 6.26 Å². The van der Waals surface area contributed by atoms with Gasteiger partial charge in [-0.25, -0.2) is 8.42 Å². The number of rotatable bonds is 4. The molecule has 4 nitrogen and oxygen atoms in total. The van der Waals surface area contributed by atoms with Crippen molar-refractivity contribution in [3.05, 3.63) is 36.1 Å². The number of sulfone groups is 1. The highest BCUT2D eigenvalue weighted by Crippen LogP contribution is 2.21. The van der Waals surface area contributed by atoms with Crippen molar-refractivity contribution in [2.75, 3.05) is 5.75 Å². The van der Waals surface area contributed by atoms with Crippen LogP contribution in [0.2, 0.25) is 0 Å². The minimum atomic E-state index is -3.38. The third-order valence-corrected chi connectivity index (χ3v) is 4.93. The molecule has 2 aromatic rings. The molecule has 18 heavy (non-hydrogen) atoms. The van der Waals surface area contributed by atoms with Crippen LogP contribution in [0.3, 0.4) is 0 Å². The number of para-hydroxylation sites is 1. The van der Waals surface area contributed by atoms with Gasteiger partial charge in [0.15, 0.2) is 15.6 Å². The monoisotopic (exact) mass is 266 g/mol. The fourth-order valence-corrected chi connectivity index (χ4v) is 2.48. The van der Waals surface area contributed by atoms with E-state index in [-0.39, 0.29) is 0 Å². The molecule has 1 heterocycles. The molecule has 0 spiro atoms. The fourth-order valence-electron chi connectivity index (χ4n) is 1.62. The van der Waals surface area contributed by atoms with Crippen molar-refractivity contribution >= 4 is 26.6 Å². The second-order valence-corrected chi connectivity index (χ2v) is 6.98. The standard InChI is InChI=1S/C13H14O4S/c1-9(2)18(15,16)8-12(14)11-7-17-13-6-4-3-5-10(11)13/h3-7,9H,8H2,1-2H3. The number of carbonyl (C=O) groups excluding carboxylic acids is 1. The largest absolute Gasteiger partial charge is 0.464 e. The number of furan rings is 1. The molecule has 0 amide bonds. The Kier molecular flexibility index (Phi) is 3.26. The summed E-state index contributed by atoms with van der Waals surface area (Å²) in [5.41, 5.74) is 0.914. The van der Waals surface area contributed by atoms with Crippen LogP contribution in [0, 0.1) is 0 Å². The summed E-state index contributed by atoms with van der Waals surface area (Å²) in [6.07, 6.45) is 1.32. The van der Waals surface area contributed by atoms with Crippen LogP contribution in [0.1, 0.15) is 24.2 Å². The molecule has 0 saturated heterocycles. The van der Waals surface area contributed by atoms with Crippen LogP contribution in [0.5, 0.6) is 0 Å². The number of ketones is 1. The number of fused-ring (bicyclic) bond motifs is 1. The van der Waals surface area contributed by atoms with Gasteiger partial charge >= 0.3 is 0 Å². The summed E-state index contributed by atoms with van der Waals surface area (Å²) in [6, 6.07) is 7.06. The molecule has 2 rings (SSSR count). The molecular weight excluding hydrogens is 252 g/mol. The smallest absolute Gasteiger partial charge is 0.181 e. The van der Waals surface area contributed by atoms with Crippen molar-refractivity contribution in [2.45, 2.75) is 19.1 Å². The average Bonchev–Trinajstić information content (AvgIpc) is 2.71. The molecule has 0 saturated carbocycles. The Hall–Kier alpha value is -1.62. The van der Waals surface area contributed by atoms with Gasteiger partial charge in [0.2, 0.25) is 0 Å². The van der Waals surface area contributed by atoms with Gasteiger partial charge in [0.25, 0.3) is 0 Å². The lowest BCUT2D eigenvalue weighted by atomic mass is 10.1. The highest BCUT2D eigenvalue weighted by Gasteiger charge is 2.23. The first-order valence-corrected chi connectivity index (χ1v) is 7.34. The van der Waals surface area contributed by atoms with E-state index in [0.29, 0.717) is 16.5 Å². The van der Waals surface area contributed by atoms with Crippen LogP contribution in [0.4, 0.5) is 0 Å². The summed E-state index contributed by atoms with van der Waals surface area (Å²) in [4.78, 5) is 12.0. The summed E-state index contributed by atoms with van der Waals surface area (Å²) in [6.45, 7) is 3.13. The van der Waals surface area contributed by atoms with Gasteiger partial charge in [-0.15, -0.1) is 0 Å². The summed E-state index contributed by atoms with van der Waals surface area (Å²) in [7, 11) is -3.38. The van der Waals surface area contributed by atoms with Crippen LogP contribution in [-0.4, -0.2) is 25.2 Å². The van der Waals surface area contributed by atoms with E-state index in [1.807, 2.05) is 0 Å². The molecule has 5 heteroatoms. The van der Waals surface area contributed by atoms with Gasteiger partial charge in [0.05, 0.1) is 10.8 Å². The molecule has 0 aliphatic heterocycles. The number of hydrogen-bond acceptors (Lipinski definition) is 4. The second kappa shape index (κ2) is 4.57. The SMILES string of the molecule is CC(C)S(=O)(=O)CC(=O)c1coc2ccccc12. The zero-order valence-corrected chi connectivity index (χ0v) is 11.0. The number of hydrogen-bond donors (Lipinski definition) is 0. The van der Waals surface area contributed by atoms with Crippen LogP contribution in [-0.2, 0) is 9.84 Å². The first-order chi connectivity index (χ1) is 8.42. The minimum Gasteiger partial charge on any atom is -0.464 e. The number of Topliss-reactive ketones (excluding diaryl/α,β-unsaturated/α-hetero) is 1. The van der Waals surface area contributed by atoms with Crippen LogP contribution < -0.4 is 0 Å². The molecule has 0 fully saturated rings. The summed E-state index contributed by atoms with van der Waals surface area (Å²) in [5.74, 6) is -0.901. The highest BCUT2D eigenvalue weighted by molar-refractivity contribution is 7.92. The van der Waals surface area contributed by atoms with E-state index in [2.05, 4.69) is 0 Å². The summed E-state index contributed by atoms with van der Waals surface area (Å²) < 4.78 is 28.7. The topological polar surface area (TPSA) is 64.3 Å². The predicted octanol–water partition coefficient (Wildman–Crippen LogP) is 2.44. The third-order valence-electron chi connectivity index (χ3n) is 2.83. The van der Waals surface area contributed by atoms with Crippen molar-refractivity contribution in [3.8, 4) is 0 Å². The van der Waals surface area contributed by atoms with Crippen molar-refractivity contribution < 1.29 is 17.6 Å². The molecule has 0 radical (unpaired) electrons. The van der Waals surface area contributed by atoms with Crippen LogP contribution >= 0.6 is 0 Å². The minimum absolute atomic E-state index is 0.329. The van der Waals surface area contributed by atoms with Gasteiger partial charge in [-0.05, 0) is 19.9 Å². The fraction of sp³-hybridized carbons (Fsp3) is 0.308. The zero-order valence-electron chi connectivity index (χ0n) is 10.2. The van der Waals surface area contributed by atoms with E-state index in [4.69, 9.17) is 4.42 Å². The zero-order chi connectivity index (χ0) is 13.3. The van der Waals surface area contributed by atoms with Gasteiger partial charge in [0.1, 0.15) is 17.6 Å². The Balaban J connectivity index is 2.36. The van der Waals surface area contributed by atoms with Crippen molar-refractivity contribution in [2.24, 2.45) is 0 Å². The normalized spacial score (nSPS) is 12.2. The van der Waals surface area contributed by atoms with Crippen molar-refractivity contribution in [1.29, 1.82) is 0 Å². The van der Waals surface area contributed by atoms with Gasteiger partial charge in [-0.3, -0.25) is 4.79 Å². The molecule has 1 aromatic carbocycles. The third kappa shape index (κ3) is 2.31. The Labute approximate surface area is 106 Å². The Morgan fingerprint density at radius 2 is 1.94 bits per heavy atom. The highest BCUT2D eigenvalue weighted by atomic mass is 32.2. The van der Waals surface area contributed by atoms with Gasteiger partial charge in [0, 0.05) is 5.39 Å². The predicted molar refractivity (Wildman–Crippen MR) is 69.5 cm³/mol. The molecular formula is C13H14O4S. The van der Waals surface area contributed by atoms with Crippen LogP contribution in [0.25, 0.3) is 11.0 Å². The van der Waals surface area contributed by atoms with E-state index >= 15 is 0 Å². The lowest BCUT2D eigenvalue weighted by molar-refractivity contribution is 0.102. The van der Waals surface area contributed by atoms with Crippen molar-refractivity contribution in [1.82, 2.24) is 0 Å². The van der Waals surface area contributed by atoms with Gasteiger partial charge in [-0.2, -0.15) is 0 Å². The lowest BCUT2D eigenvalue weighted by Gasteiger charge is -2.05. The summed E-state index contributed by atoms with van der Waals surface area (Å²) >= 11 is 0. The van der Waals surface area contributed by atoms with E-state index in [9.17, 15) is 13.2 Å².